The van der Waals surface area contributed by atoms with Gasteiger partial charge < -0.3 is 4.74 Å². The molecular formula is C28H30O3. The van der Waals surface area contributed by atoms with E-state index in [1.165, 1.54) is 11.1 Å². The van der Waals surface area contributed by atoms with E-state index in [-0.39, 0.29) is 10.8 Å². The lowest BCUT2D eigenvalue weighted by atomic mass is 9.80. The van der Waals surface area contributed by atoms with E-state index in [2.05, 4.69) is 59.7 Å². The van der Waals surface area contributed by atoms with Crippen LogP contribution >= 0.6 is 0 Å². The van der Waals surface area contributed by atoms with Crippen LogP contribution in [0.25, 0.3) is 0 Å². The number of hydrogen-bond donors (Lipinski definition) is 0. The van der Waals surface area contributed by atoms with Crippen LogP contribution in [-0.4, -0.2) is 11.6 Å². The minimum Gasteiger partial charge on any atom is -0.457 e. The molecule has 0 spiro atoms. The fraction of sp³-hybridized carbons (Fsp3) is 0.286. The second kappa shape index (κ2) is 8.50. The summed E-state index contributed by atoms with van der Waals surface area (Å²) in [6.45, 7) is 13.1. The maximum Gasteiger partial charge on any atom is 0.233 e. The van der Waals surface area contributed by atoms with Crippen molar-refractivity contribution in [3.63, 3.8) is 0 Å². The molecule has 0 unspecified atom stereocenters. The summed E-state index contributed by atoms with van der Waals surface area (Å²) in [7, 11) is 0. The predicted molar refractivity (Wildman–Crippen MR) is 125 cm³/mol. The first-order valence-corrected chi connectivity index (χ1v) is 10.5. The molecule has 0 radical (unpaired) electrons. The molecule has 0 aliphatic rings. The molecule has 0 aromatic heterocycles. The maximum atomic E-state index is 12.5. The molecule has 0 saturated carbocycles. The lowest BCUT2D eigenvalue weighted by Gasteiger charge is -2.26. The Balaban J connectivity index is 1.84. The maximum absolute atomic E-state index is 12.5. The Hall–Kier alpha value is -3.20. The lowest BCUT2D eigenvalue weighted by Crippen LogP contribution is -2.16. The van der Waals surface area contributed by atoms with E-state index in [9.17, 15) is 9.59 Å². The number of carbonyl (C=O) groups excluding carboxylic acids is 2. The largest absolute Gasteiger partial charge is 0.457 e. The number of benzene rings is 3. The van der Waals surface area contributed by atoms with Crippen LogP contribution in [0.1, 0.15) is 73.4 Å². The zero-order valence-corrected chi connectivity index (χ0v) is 19.2. The van der Waals surface area contributed by atoms with Gasteiger partial charge in [0.05, 0.1) is 0 Å². The molecule has 0 aliphatic carbocycles. The molecule has 160 valence electrons. The molecule has 0 amide bonds. The molecule has 0 atom stereocenters. The van der Waals surface area contributed by atoms with E-state index >= 15 is 0 Å². The van der Waals surface area contributed by atoms with Crippen LogP contribution < -0.4 is 4.74 Å². The first-order valence-electron chi connectivity index (χ1n) is 10.5. The van der Waals surface area contributed by atoms with E-state index in [1.54, 1.807) is 48.5 Å². The smallest absolute Gasteiger partial charge is 0.233 e. The molecule has 3 heteroatoms. The highest BCUT2D eigenvalue weighted by atomic mass is 16.5. The highest BCUT2D eigenvalue weighted by molar-refractivity contribution is 6.49. The Kier molecular flexibility index (Phi) is 6.17. The normalized spacial score (nSPS) is 11.8. The van der Waals surface area contributed by atoms with E-state index in [4.69, 9.17) is 4.74 Å². The summed E-state index contributed by atoms with van der Waals surface area (Å²) in [5.74, 6) is 0.343. The highest BCUT2D eigenvalue weighted by Gasteiger charge is 2.21. The van der Waals surface area contributed by atoms with Crippen molar-refractivity contribution in [2.45, 2.75) is 52.4 Å². The molecule has 3 rings (SSSR count). The summed E-state index contributed by atoms with van der Waals surface area (Å²) < 4.78 is 6.13. The molecule has 0 saturated heterocycles. The molecular weight excluding hydrogens is 384 g/mol. The van der Waals surface area contributed by atoms with Crippen molar-refractivity contribution in [1.29, 1.82) is 0 Å². The number of ether oxygens (including phenoxy) is 1. The second-order valence-corrected chi connectivity index (χ2v) is 9.90. The van der Waals surface area contributed by atoms with Gasteiger partial charge in [0.25, 0.3) is 0 Å². The van der Waals surface area contributed by atoms with Crippen LogP contribution in [0.2, 0.25) is 0 Å². The van der Waals surface area contributed by atoms with Crippen molar-refractivity contribution in [3.05, 3.63) is 95.1 Å². The van der Waals surface area contributed by atoms with Crippen LogP contribution in [0.4, 0.5) is 0 Å². The van der Waals surface area contributed by atoms with Gasteiger partial charge in [-0.3, -0.25) is 9.59 Å². The van der Waals surface area contributed by atoms with E-state index < -0.39 is 11.6 Å². The van der Waals surface area contributed by atoms with Gasteiger partial charge in [-0.25, -0.2) is 0 Å². The number of carbonyl (C=O) groups is 2. The summed E-state index contributed by atoms with van der Waals surface area (Å²) in [6, 6.07) is 21.7. The van der Waals surface area contributed by atoms with Crippen molar-refractivity contribution in [2.24, 2.45) is 0 Å². The van der Waals surface area contributed by atoms with Crippen LogP contribution in [-0.2, 0) is 10.8 Å². The van der Waals surface area contributed by atoms with Crippen LogP contribution in [0.3, 0.4) is 0 Å². The molecule has 3 aromatic rings. The average Bonchev–Trinajstić information content (AvgIpc) is 2.72. The Morgan fingerprint density at radius 2 is 1.03 bits per heavy atom. The van der Waals surface area contributed by atoms with Gasteiger partial charge in [0.2, 0.25) is 11.6 Å². The van der Waals surface area contributed by atoms with Gasteiger partial charge >= 0.3 is 0 Å². The van der Waals surface area contributed by atoms with Gasteiger partial charge in [-0.2, -0.15) is 0 Å². The van der Waals surface area contributed by atoms with Crippen LogP contribution in [0.5, 0.6) is 11.5 Å². The van der Waals surface area contributed by atoms with E-state index in [0.29, 0.717) is 16.9 Å². The van der Waals surface area contributed by atoms with Gasteiger partial charge in [-0.15, -0.1) is 0 Å². The molecule has 3 aromatic carbocycles. The van der Waals surface area contributed by atoms with Crippen LogP contribution in [0, 0.1) is 0 Å². The standard InChI is InChI=1S/C28H30O3/c1-27(2,3)21-16-22(28(4,5)6)18-24(17-21)31-23-14-12-20(13-15-23)26(30)25(29)19-10-8-7-9-11-19/h7-18H,1-6H3. The predicted octanol–water partition coefficient (Wildman–Crippen LogP) is 7.14. The Labute approximate surface area is 185 Å². The fourth-order valence-corrected chi connectivity index (χ4v) is 3.19. The van der Waals surface area contributed by atoms with Gasteiger partial charge in [-0.05, 0) is 58.4 Å². The first kappa shape index (κ1) is 22.5. The van der Waals surface area contributed by atoms with E-state index in [1.807, 2.05) is 6.07 Å². The monoisotopic (exact) mass is 414 g/mol. The van der Waals surface area contributed by atoms with E-state index in [0.717, 1.165) is 5.75 Å². The Morgan fingerprint density at radius 3 is 1.48 bits per heavy atom. The summed E-state index contributed by atoms with van der Waals surface area (Å²) in [4.78, 5) is 24.9. The first-order chi connectivity index (χ1) is 14.4. The number of hydrogen-bond acceptors (Lipinski definition) is 3. The molecule has 31 heavy (non-hydrogen) atoms. The SMILES string of the molecule is CC(C)(C)c1cc(Oc2ccc(C(=O)C(=O)c3ccccc3)cc2)cc(C(C)(C)C)c1. The van der Waals surface area contributed by atoms with Crippen molar-refractivity contribution < 1.29 is 14.3 Å². The average molecular weight is 415 g/mol. The van der Waals surface area contributed by atoms with Gasteiger partial charge in [-0.1, -0.05) is 77.9 Å². The number of ketones is 2. The summed E-state index contributed by atoms with van der Waals surface area (Å²) in [5, 5.41) is 0. The van der Waals surface area contributed by atoms with Gasteiger partial charge in [0.15, 0.2) is 0 Å². The Bertz CT molecular complexity index is 1050. The Morgan fingerprint density at radius 1 is 0.581 bits per heavy atom. The third-order valence-corrected chi connectivity index (χ3v) is 5.23. The fourth-order valence-electron chi connectivity index (χ4n) is 3.19. The second-order valence-electron chi connectivity index (χ2n) is 9.90. The lowest BCUT2D eigenvalue weighted by molar-refractivity contribution is 0.0817. The summed E-state index contributed by atoms with van der Waals surface area (Å²) >= 11 is 0. The minimum atomic E-state index is -0.525. The molecule has 0 bridgehead atoms. The van der Waals surface area contributed by atoms with Crippen molar-refractivity contribution in [3.8, 4) is 11.5 Å². The molecule has 0 N–H and O–H groups in total. The van der Waals surface area contributed by atoms with Gasteiger partial charge in [0.1, 0.15) is 11.5 Å². The zero-order chi connectivity index (χ0) is 22.8. The summed E-state index contributed by atoms with van der Waals surface area (Å²) in [5.41, 5.74) is 3.13. The minimum absolute atomic E-state index is 0.00650. The molecule has 0 aliphatic heterocycles. The topological polar surface area (TPSA) is 43.4 Å². The molecule has 3 nitrogen and oxygen atoms in total. The molecule has 0 fully saturated rings. The van der Waals surface area contributed by atoms with Crippen molar-refractivity contribution >= 4 is 11.6 Å². The quantitative estimate of drug-likeness (QED) is 0.329. The number of Topliss-reactive ketones (excluding diaryl/α,β-unsaturated/α-hetero) is 2. The zero-order valence-electron chi connectivity index (χ0n) is 19.2. The third kappa shape index (κ3) is 5.49. The van der Waals surface area contributed by atoms with Gasteiger partial charge in [0, 0.05) is 11.1 Å². The van der Waals surface area contributed by atoms with Crippen molar-refractivity contribution in [2.75, 3.05) is 0 Å². The van der Waals surface area contributed by atoms with Crippen LogP contribution in [0.15, 0.2) is 72.8 Å². The summed E-state index contributed by atoms with van der Waals surface area (Å²) in [6.07, 6.45) is 0. The number of rotatable bonds is 5. The highest BCUT2D eigenvalue weighted by Crippen LogP contribution is 2.34. The molecule has 0 heterocycles. The third-order valence-electron chi connectivity index (χ3n) is 5.23. The van der Waals surface area contributed by atoms with Crippen molar-refractivity contribution in [1.82, 2.24) is 0 Å².